The molecular formula is C13H8F3N. The maximum Gasteiger partial charge on any atom is 0.169 e. The zero-order valence-corrected chi connectivity index (χ0v) is 8.94. The molecule has 2 aromatic carbocycles. The van der Waals surface area contributed by atoms with Crippen LogP contribution >= 0.6 is 0 Å². The predicted molar refractivity (Wildman–Crippen MR) is 60.4 cm³/mol. The van der Waals surface area contributed by atoms with Gasteiger partial charge >= 0.3 is 0 Å². The normalized spacial score (nSPS) is 11.5. The fraction of sp³-hybridized carbons (Fsp3) is 0.0769. The number of aryl methyl sites for hydroxylation is 1. The fourth-order valence-corrected chi connectivity index (χ4v) is 2.08. The molecule has 0 amide bonds. The lowest BCUT2D eigenvalue weighted by Crippen LogP contribution is -1.88. The molecule has 1 heterocycles. The molecule has 0 bridgehead atoms. The lowest BCUT2D eigenvalue weighted by atomic mass is 10.1. The van der Waals surface area contributed by atoms with E-state index in [1.165, 1.54) is 0 Å². The Morgan fingerprint density at radius 1 is 1.00 bits per heavy atom. The summed E-state index contributed by atoms with van der Waals surface area (Å²) in [4.78, 5) is 2.76. The minimum absolute atomic E-state index is 0.00417. The lowest BCUT2D eigenvalue weighted by Gasteiger charge is -1.98. The zero-order chi connectivity index (χ0) is 12.2. The molecule has 0 saturated heterocycles. The van der Waals surface area contributed by atoms with Crippen LogP contribution in [0.2, 0.25) is 0 Å². The Morgan fingerprint density at radius 2 is 1.76 bits per heavy atom. The van der Waals surface area contributed by atoms with Gasteiger partial charge in [0.15, 0.2) is 11.6 Å². The van der Waals surface area contributed by atoms with E-state index < -0.39 is 17.5 Å². The number of hydrogen-bond donors (Lipinski definition) is 1. The first-order valence-electron chi connectivity index (χ1n) is 5.13. The molecule has 0 aliphatic carbocycles. The number of halogens is 3. The molecule has 0 unspecified atom stereocenters. The topological polar surface area (TPSA) is 15.8 Å². The number of hydrogen-bond acceptors (Lipinski definition) is 0. The van der Waals surface area contributed by atoms with Crippen molar-refractivity contribution in [3.8, 4) is 0 Å². The van der Waals surface area contributed by atoms with Gasteiger partial charge in [-0.3, -0.25) is 0 Å². The van der Waals surface area contributed by atoms with E-state index in [9.17, 15) is 13.2 Å². The summed E-state index contributed by atoms with van der Waals surface area (Å²) < 4.78 is 40.4. The standard InChI is InChI=1S/C13H8F3N/c1-6-2-3-10-7(4-6)11-12(16)8(14)5-9(15)13(11)17-10/h2-5,17H,1H3. The van der Waals surface area contributed by atoms with Gasteiger partial charge in [-0.25, -0.2) is 13.2 Å². The molecule has 0 fully saturated rings. The van der Waals surface area contributed by atoms with Gasteiger partial charge in [0, 0.05) is 22.4 Å². The van der Waals surface area contributed by atoms with Gasteiger partial charge in [-0.1, -0.05) is 11.6 Å². The van der Waals surface area contributed by atoms with Crippen molar-refractivity contribution in [3.63, 3.8) is 0 Å². The van der Waals surface area contributed by atoms with Crippen LogP contribution in [0, 0.1) is 24.4 Å². The monoisotopic (exact) mass is 235 g/mol. The van der Waals surface area contributed by atoms with E-state index in [-0.39, 0.29) is 10.9 Å². The van der Waals surface area contributed by atoms with E-state index in [1.807, 2.05) is 13.0 Å². The highest BCUT2D eigenvalue weighted by molar-refractivity contribution is 6.07. The number of aromatic amines is 1. The largest absolute Gasteiger partial charge is 0.352 e. The predicted octanol–water partition coefficient (Wildman–Crippen LogP) is 4.05. The molecule has 1 aromatic heterocycles. The van der Waals surface area contributed by atoms with Crippen LogP contribution in [0.5, 0.6) is 0 Å². The van der Waals surface area contributed by atoms with Crippen LogP contribution in [0.25, 0.3) is 21.8 Å². The quantitative estimate of drug-likeness (QED) is 0.566. The summed E-state index contributed by atoms with van der Waals surface area (Å²) in [5.41, 5.74) is 1.50. The second kappa shape index (κ2) is 3.26. The van der Waals surface area contributed by atoms with Gasteiger partial charge in [0.2, 0.25) is 0 Å². The average molecular weight is 235 g/mol. The summed E-state index contributed by atoms with van der Waals surface area (Å²) in [7, 11) is 0. The molecule has 3 aromatic rings. The Bertz CT molecular complexity index is 743. The van der Waals surface area contributed by atoms with E-state index >= 15 is 0 Å². The third-order valence-electron chi connectivity index (χ3n) is 2.88. The third-order valence-corrected chi connectivity index (χ3v) is 2.88. The second-order valence-corrected chi connectivity index (χ2v) is 4.08. The number of benzene rings is 2. The van der Waals surface area contributed by atoms with Gasteiger partial charge in [-0.2, -0.15) is 0 Å². The second-order valence-electron chi connectivity index (χ2n) is 4.08. The van der Waals surface area contributed by atoms with Gasteiger partial charge in [0.05, 0.1) is 5.52 Å². The maximum atomic E-state index is 13.7. The summed E-state index contributed by atoms with van der Waals surface area (Å²) in [5, 5.41) is 0.470. The molecule has 0 aliphatic rings. The molecule has 3 rings (SSSR count). The van der Waals surface area contributed by atoms with Gasteiger partial charge in [-0.15, -0.1) is 0 Å². The summed E-state index contributed by atoms with van der Waals surface area (Å²) >= 11 is 0. The number of aromatic nitrogens is 1. The molecule has 1 N–H and O–H groups in total. The van der Waals surface area contributed by atoms with Crippen LogP contribution < -0.4 is 0 Å². The maximum absolute atomic E-state index is 13.7. The van der Waals surface area contributed by atoms with Crippen LogP contribution in [-0.4, -0.2) is 4.98 Å². The first-order chi connectivity index (χ1) is 8.08. The van der Waals surface area contributed by atoms with Crippen molar-refractivity contribution in [1.82, 2.24) is 4.98 Å². The van der Waals surface area contributed by atoms with Gasteiger partial charge in [0.1, 0.15) is 5.82 Å². The molecule has 0 spiro atoms. The van der Waals surface area contributed by atoms with E-state index in [0.29, 0.717) is 17.0 Å². The number of H-pyrrole nitrogens is 1. The van der Waals surface area contributed by atoms with Crippen molar-refractivity contribution >= 4 is 21.8 Å². The SMILES string of the molecule is Cc1ccc2[nH]c3c(F)cc(F)c(F)c3c2c1. The molecule has 0 radical (unpaired) electrons. The number of rotatable bonds is 0. The van der Waals surface area contributed by atoms with Crippen LogP contribution in [0.1, 0.15) is 5.56 Å². The van der Waals surface area contributed by atoms with E-state index in [4.69, 9.17) is 0 Å². The first kappa shape index (κ1) is 10.2. The van der Waals surface area contributed by atoms with Crippen LogP contribution in [0.4, 0.5) is 13.2 Å². The number of fused-ring (bicyclic) bond motifs is 3. The molecule has 0 atom stereocenters. The molecular weight excluding hydrogens is 227 g/mol. The zero-order valence-electron chi connectivity index (χ0n) is 8.94. The average Bonchev–Trinajstić information content (AvgIpc) is 2.65. The van der Waals surface area contributed by atoms with Crippen LogP contribution in [0.3, 0.4) is 0 Å². The molecule has 0 saturated carbocycles. The van der Waals surface area contributed by atoms with Crippen molar-refractivity contribution < 1.29 is 13.2 Å². The van der Waals surface area contributed by atoms with Crippen molar-refractivity contribution in [2.75, 3.05) is 0 Å². The highest BCUT2D eigenvalue weighted by Gasteiger charge is 2.17. The molecule has 86 valence electrons. The van der Waals surface area contributed by atoms with Crippen molar-refractivity contribution in [2.45, 2.75) is 6.92 Å². The fourth-order valence-electron chi connectivity index (χ4n) is 2.08. The minimum Gasteiger partial charge on any atom is -0.352 e. The van der Waals surface area contributed by atoms with Crippen LogP contribution in [0.15, 0.2) is 24.3 Å². The van der Waals surface area contributed by atoms with Gasteiger partial charge in [0.25, 0.3) is 0 Å². The Hall–Kier alpha value is -1.97. The van der Waals surface area contributed by atoms with E-state index in [0.717, 1.165) is 5.56 Å². The minimum atomic E-state index is -1.17. The van der Waals surface area contributed by atoms with Crippen LogP contribution in [-0.2, 0) is 0 Å². The van der Waals surface area contributed by atoms with Crippen molar-refractivity contribution in [1.29, 1.82) is 0 Å². The van der Waals surface area contributed by atoms with E-state index in [2.05, 4.69) is 4.98 Å². The van der Waals surface area contributed by atoms with Gasteiger partial charge in [-0.05, 0) is 19.1 Å². The number of nitrogens with one attached hydrogen (secondary N) is 1. The van der Waals surface area contributed by atoms with E-state index in [1.54, 1.807) is 12.1 Å². The summed E-state index contributed by atoms with van der Waals surface area (Å²) in [6, 6.07) is 5.81. The van der Waals surface area contributed by atoms with Crippen molar-refractivity contribution in [3.05, 3.63) is 47.3 Å². The summed E-state index contributed by atoms with van der Waals surface area (Å²) in [6.07, 6.45) is 0. The highest BCUT2D eigenvalue weighted by Crippen LogP contribution is 2.31. The Balaban J connectivity index is 2.63. The Labute approximate surface area is 94.9 Å². The molecule has 1 nitrogen and oxygen atoms in total. The Morgan fingerprint density at radius 3 is 2.53 bits per heavy atom. The smallest absolute Gasteiger partial charge is 0.169 e. The van der Waals surface area contributed by atoms with Gasteiger partial charge < -0.3 is 4.98 Å². The summed E-state index contributed by atoms with van der Waals surface area (Å²) in [6.45, 7) is 1.84. The molecule has 0 aliphatic heterocycles. The van der Waals surface area contributed by atoms with Crippen molar-refractivity contribution in [2.24, 2.45) is 0 Å². The lowest BCUT2D eigenvalue weighted by molar-refractivity contribution is 0.506. The first-order valence-corrected chi connectivity index (χ1v) is 5.13. The third kappa shape index (κ3) is 1.33. The molecule has 17 heavy (non-hydrogen) atoms. The summed E-state index contributed by atoms with van der Waals surface area (Å²) in [5.74, 6) is -2.97. The molecule has 4 heteroatoms. The Kier molecular flexibility index (Phi) is 1.96. The highest BCUT2D eigenvalue weighted by atomic mass is 19.2.